The maximum Gasteiger partial charge on any atom is 0.158 e. The maximum absolute atomic E-state index is 13.8. The fourth-order valence-electron chi connectivity index (χ4n) is 3.76. The van der Waals surface area contributed by atoms with Crippen molar-refractivity contribution in [3.63, 3.8) is 0 Å². The van der Waals surface area contributed by atoms with Crippen molar-refractivity contribution in [1.82, 2.24) is 15.0 Å². The minimum atomic E-state index is -0.304. The van der Waals surface area contributed by atoms with Gasteiger partial charge in [0.25, 0.3) is 0 Å². The van der Waals surface area contributed by atoms with E-state index in [1.807, 2.05) is 23.1 Å². The molecule has 2 heterocycles. The summed E-state index contributed by atoms with van der Waals surface area (Å²) in [5.41, 5.74) is 8.24. The molecule has 0 aliphatic heterocycles. The van der Waals surface area contributed by atoms with Crippen LogP contribution >= 0.6 is 0 Å². The van der Waals surface area contributed by atoms with Gasteiger partial charge in [-0.15, -0.1) is 0 Å². The summed E-state index contributed by atoms with van der Waals surface area (Å²) in [6, 6.07) is 11.9. The molecule has 7 heteroatoms. The molecule has 0 amide bonds. The Hall–Kier alpha value is -3.48. The first-order valence-corrected chi connectivity index (χ1v) is 12.5. The zero-order valence-corrected chi connectivity index (χ0v) is 21.1. The molecule has 0 saturated heterocycles. The number of nitrogens with two attached hydrogens (primary N) is 1. The Labute approximate surface area is 208 Å². The van der Waals surface area contributed by atoms with Gasteiger partial charge >= 0.3 is 0 Å². The van der Waals surface area contributed by atoms with Crippen LogP contribution in [0.15, 0.2) is 61.1 Å². The predicted octanol–water partition coefficient (Wildman–Crippen LogP) is 6.82. The van der Waals surface area contributed by atoms with Gasteiger partial charge in [0.2, 0.25) is 0 Å². The van der Waals surface area contributed by atoms with Crippen LogP contribution in [0.4, 0.5) is 21.7 Å². The predicted molar refractivity (Wildman–Crippen MR) is 143 cm³/mol. The van der Waals surface area contributed by atoms with Gasteiger partial charge in [0.05, 0.1) is 11.4 Å². The fraction of sp³-hybridized carbons (Fsp3) is 0.393. The quantitative estimate of drug-likeness (QED) is 0.264. The number of rotatable bonds is 13. The Morgan fingerprint density at radius 2 is 1.97 bits per heavy atom. The second-order valence-corrected chi connectivity index (χ2v) is 8.96. The van der Waals surface area contributed by atoms with E-state index < -0.39 is 0 Å². The molecule has 0 fully saturated rings. The number of halogens is 1. The number of nitrogen functional groups attached to an aromatic ring is 1. The lowest BCUT2D eigenvalue weighted by molar-refractivity contribution is 0.509. The average Bonchev–Trinajstić information content (AvgIpc) is 2.86. The summed E-state index contributed by atoms with van der Waals surface area (Å²) in [4.78, 5) is 15.9. The molecule has 3 rings (SSSR count). The Balaban J connectivity index is 1.85. The number of unbranched alkanes of at least 4 members (excludes halogenated alkanes) is 2. The molecule has 6 nitrogen and oxygen atoms in total. The number of nitrogens with one attached hydrogen (secondary N) is 1. The third-order valence-electron chi connectivity index (χ3n) is 6.13. The van der Waals surface area contributed by atoms with Crippen LogP contribution in [0.3, 0.4) is 0 Å². The van der Waals surface area contributed by atoms with Crippen LogP contribution in [0.25, 0.3) is 11.3 Å². The van der Waals surface area contributed by atoms with E-state index in [0.717, 1.165) is 44.3 Å². The largest absolute Gasteiger partial charge is 0.396 e. The number of aryl methyl sites for hydroxylation is 1. The molecule has 1 aromatic carbocycles. The lowest BCUT2D eigenvalue weighted by Gasteiger charge is -2.28. The molecular weight excluding hydrogens is 439 g/mol. The summed E-state index contributed by atoms with van der Waals surface area (Å²) in [5, 5.41) is 3.33. The molecule has 0 aliphatic rings. The molecule has 1 unspecified atom stereocenters. The van der Waals surface area contributed by atoms with Crippen LogP contribution in [-0.4, -0.2) is 21.5 Å². The van der Waals surface area contributed by atoms with Gasteiger partial charge < -0.3 is 16.0 Å². The molecular formula is C28H37FN6. The van der Waals surface area contributed by atoms with E-state index in [1.54, 1.807) is 18.3 Å². The summed E-state index contributed by atoms with van der Waals surface area (Å²) >= 11 is 0. The molecule has 0 saturated carbocycles. The van der Waals surface area contributed by atoms with E-state index in [4.69, 9.17) is 10.7 Å². The number of hydrogen-bond acceptors (Lipinski definition) is 6. The first-order valence-electron chi connectivity index (χ1n) is 12.5. The van der Waals surface area contributed by atoms with Crippen molar-refractivity contribution < 1.29 is 4.39 Å². The molecule has 0 bridgehead atoms. The topological polar surface area (TPSA) is 80.0 Å². The highest BCUT2D eigenvalue weighted by atomic mass is 19.1. The molecule has 0 spiro atoms. The summed E-state index contributed by atoms with van der Waals surface area (Å²) in [6.45, 7) is 11.6. The number of nitrogens with zero attached hydrogens (tertiary/aromatic N) is 4. The van der Waals surface area contributed by atoms with Crippen molar-refractivity contribution in [3.8, 4) is 11.3 Å². The Morgan fingerprint density at radius 1 is 1.14 bits per heavy atom. The van der Waals surface area contributed by atoms with Gasteiger partial charge in [0.1, 0.15) is 23.3 Å². The van der Waals surface area contributed by atoms with Crippen LogP contribution in [0, 0.1) is 11.7 Å². The van der Waals surface area contributed by atoms with Crippen LogP contribution in [-0.2, 0) is 6.42 Å². The van der Waals surface area contributed by atoms with Gasteiger partial charge in [-0.1, -0.05) is 58.7 Å². The van der Waals surface area contributed by atoms with Gasteiger partial charge in [0.15, 0.2) is 5.82 Å². The number of anilines is 3. The highest BCUT2D eigenvalue weighted by Crippen LogP contribution is 2.29. The van der Waals surface area contributed by atoms with Gasteiger partial charge in [-0.3, -0.25) is 0 Å². The van der Waals surface area contributed by atoms with Crippen molar-refractivity contribution >= 4 is 17.3 Å². The standard InChI is InChI=1S/C28H37FN6/c1-5-7-8-18-35(21(4)32-27-16-17-31-26(34-27)15-12-20(3)6-2)28-24(30)13-14-25(33-28)22-10-9-11-23(29)19-22/h9-11,13-14,16-17,19-20H,4-8,12,15,18,30H2,1-3H3,(H,31,32,34). The molecule has 35 heavy (non-hydrogen) atoms. The van der Waals surface area contributed by atoms with E-state index >= 15 is 0 Å². The SMILES string of the molecule is C=C(Nc1ccnc(CCC(C)CC)n1)N(CCCCC)c1nc(-c2cccc(F)c2)ccc1N. The van der Waals surface area contributed by atoms with E-state index in [1.165, 1.54) is 12.1 Å². The molecule has 2 aromatic heterocycles. The molecule has 3 aromatic rings. The third kappa shape index (κ3) is 7.50. The summed E-state index contributed by atoms with van der Waals surface area (Å²) in [5.74, 6) is 3.05. The first-order chi connectivity index (χ1) is 16.9. The maximum atomic E-state index is 13.8. The first kappa shape index (κ1) is 26.1. The third-order valence-corrected chi connectivity index (χ3v) is 6.13. The van der Waals surface area contributed by atoms with Crippen LogP contribution < -0.4 is 16.0 Å². The van der Waals surface area contributed by atoms with Crippen molar-refractivity contribution in [1.29, 1.82) is 0 Å². The second kappa shape index (κ2) is 12.8. The number of hydrogen-bond donors (Lipinski definition) is 2. The van der Waals surface area contributed by atoms with Gasteiger partial charge in [-0.2, -0.15) is 0 Å². The lowest BCUT2D eigenvalue weighted by Crippen LogP contribution is -2.29. The normalized spacial score (nSPS) is 11.8. The van der Waals surface area contributed by atoms with Crippen molar-refractivity contribution in [2.45, 2.75) is 59.3 Å². The van der Waals surface area contributed by atoms with Crippen LogP contribution in [0.2, 0.25) is 0 Å². The van der Waals surface area contributed by atoms with E-state index in [0.29, 0.717) is 46.9 Å². The van der Waals surface area contributed by atoms with Crippen molar-refractivity contribution in [3.05, 3.63) is 72.7 Å². The molecule has 3 N–H and O–H groups in total. The smallest absolute Gasteiger partial charge is 0.158 e. The van der Waals surface area contributed by atoms with Gasteiger partial charge in [-0.05, 0) is 49.1 Å². The molecule has 186 valence electrons. The molecule has 0 aliphatic carbocycles. The van der Waals surface area contributed by atoms with Crippen molar-refractivity contribution in [2.24, 2.45) is 5.92 Å². The monoisotopic (exact) mass is 476 g/mol. The van der Waals surface area contributed by atoms with E-state index in [-0.39, 0.29) is 5.82 Å². The fourth-order valence-corrected chi connectivity index (χ4v) is 3.76. The molecule has 1 atom stereocenters. The van der Waals surface area contributed by atoms with Crippen LogP contribution in [0.1, 0.15) is 58.7 Å². The number of benzene rings is 1. The Kier molecular flexibility index (Phi) is 9.58. The lowest BCUT2D eigenvalue weighted by atomic mass is 10.0. The summed E-state index contributed by atoms with van der Waals surface area (Å²) in [7, 11) is 0. The average molecular weight is 477 g/mol. The Bertz CT molecular complexity index is 1120. The highest BCUT2D eigenvalue weighted by Gasteiger charge is 2.17. The number of aromatic nitrogens is 3. The second-order valence-electron chi connectivity index (χ2n) is 8.96. The summed E-state index contributed by atoms with van der Waals surface area (Å²) < 4.78 is 13.8. The highest BCUT2D eigenvalue weighted by molar-refractivity contribution is 5.72. The summed E-state index contributed by atoms with van der Waals surface area (Å²) in [6.07, 6.45) is 7.91. The van der Waals surface area contributed by atoms with Gasteiger partial charge in [-0.25, -0.2) is 19.3 Å². The van der Waals surface area contributed by atoms with Gasteiger partial charge in [0, 0.05) is 24.7 Å². The zero-order valence-electron chi connectivity index (χ0n) is 21.1. The van der Waals surface area contributed by atoms with E-state index in [2.05, 4.69) is 42.6 Å². The van der Waals surface area contributed by atoms with Crippen LogP contribution in [0.5, 0.6) is 0 Å². The minimum Gasteiger partial charge on any atom is -0.396 e. The number of pyridine rings is 1. The minimum absolute atomic E-state index is 0.304. The molecule has 0 radical (unpaired) electrons. The van der Waals surface area contributed by atoms with Crippen molar-refractivity contribution in [2.75, 3.05) is 22.5 Å². The zero-order chi connectivity index (χ0) is 25.2. The van der Waals surface area contributed by atoms with E-state index in [9.17, 15) is 4.39 Å². The Morgan fingerprint density at radius 3 is 2.71 bits per heavy atom.